The summed E-state index contributed by atoms with van der Waals surface area (Å²) in [6.07, 6.45) is 3.49. The van der Waals surface area contributed by atoms with Crippen molar-refractivity contribution in [3.63, 3.8) is 0 Å². The zero-order valence-electron chi connectivity index (χ0n) is 16.4. The number of benzene rings is 1. The Hall–Kier alpha value is -1.41. The number of thiophene rings is 1. The number of rotatable bonds is 6. The lowest BCUT2D eigenvalue weighted by Crippen LogP contribution is -2.47. The van der Waals surface area contributed by atoms with Crippen LogP contribution < -0.4 is 0 Å². The molecule has 0 radical (unpaired) electrons. The van der Waals surface area contributed by atoms with Gasteiger partial charge in [-0.15, -0.1) is 11.3 Å². The maximum absolute atomic E-state index is 13.3. The molecule has 8 heteroatoms. The fourth-order valence-corrected chi connectivity index (χ4v) is 6.32. The molecule has 1 aliphatic heterocycles. The molecule has 29 heavy (non-hydrogen) atoms. The largest absolute Gasteiger partial charge is 0.334 e. The smallest absolute Gasteiger partial charge is 0.243 e. The minimum atomic E-state index is -3.67. The van der Waals surface area contributed by atoms with E-state index in [9.17, 15) is 13.2 Å². The van der Waals surface area contributed by atoms with Gasteiger partial charge in [0.1, 0.15) is 0 Å². The molecule has 5 nitrogen and oxygen atoms in total. The van der Waals surface area contributed by atoms with Crippen molar-refractivity contribution in [2.45, 2.75) is 50.1 Å². The quantitative estimate of drug-likeness (QED) is 0.656. The average molecular weight is 453 g/mol. The second-order valence-corrected chi connectivity index (χ2v) is 11.3. The molecule has 1 aromatic carbocycles. The highest BCUT2D eigenvalue weighted by Crippen LogP contribution is 2.33. The lowest BCUT2D eigenvalue weighted by molar-refractivity contribution is -0.137. The maximum atomic E-state index is 13.3. The van der Waals surface area contributed by atoms with Crippen LogP contribution in [0.4, 0.5) is 0 Å². The van der Waals surface area contributed by atoms with E-state index >= 15 is 0 Å². The van der Waals surface area contributed by atoms with Crippen LogP contribution in [0.5, 0.6) is 0 Å². The number of amides is 1. The Kier molecular flexibility index (Phi) is 6.02. The summed E-state index contributed by atoms with van der Waals surface area (Å²) in [4.78, 5) is 16.6. The van der Waals surface area contributed by atoms with Crippen molar-refractivity contribution < 1.29 is 13.2 Å². The van der Waals surface area contributed by atoms with Crippen molar-refractivity contribution in [1.82, 2.24) is 9.21 Å². The molecule has 4 rings (SSSR count). The Labute approximate surface area is 181 Å². The molecular weight excluding hydrogens is 428 g/mol. The molecule has 1 amide bonds. The molecule has 0 spiro atoms. The van der Waals surface area contributed by atoms with Gasteiger partial charge in [-0.2, -0.15) is 4.31 Å². The van der Waals surface area contributed by atoms with Gasteiger partial charge in [-0.05, 0) is 61.7 Å². The highest BCUT2D eigenvalue weighted by Gasteiger charge is 2.39. The highest BCUT2D eigenvalue weighted by atomic mass is 35.5. The minimum Gasteiger partial charge on any atom is -0.334 e. The number of piperidine rings is 1. The standard InChI is InChI=1S/C21H25ClN2O3S2/c1-15-6-9-19(12-20(15)22)29(26,27)23-10-2-4-16(13-23)21(25)24(17-7-8-17)14-18-5-3-11-28-18/h3,5-6,9,11-12,16-17H,2,4,7-8,10,13-14H2,1H3/t16-/m0/s1. The van der Waals surface area contributed by atoms with Gasteiger partial charge < -0.3 is 4.90 Å². The molecule has 1 saturated heterocycles. The van der Waals surface area contributed by atoms with Crippen LogP contribution in [0.3, 0.4) is 0 Å². The Bertz CT molecular complexity index is 987. The molecule has 2 aliphatic rings. The number of carbonyl (C=O) groups is 1. The van der Waals surface area contributed by atoms with Crippen LogP contribution in [0.1, 0.15) is 36.1 Å². The van der Waals surface area contributed by atoms with Gasteiger partial charge in [-0.1, -0.05) is 23.7 Å². The Morgan fingerprint density at radius 3 is 2.72 bits per heavy atom. The molecule has 1 aromatic heterocycles. The molecule has 0 unspecified atom stereocenters. The summed E-state index contributed by atoms with van der Waals surface area (Å²) in [5.74, 6) is -0.206. The van der Waals surface area contributed by atoms with Gasteiger partial charge >= 0.3 is 0 Å². The number of sulfonamides is 1. The van der Waals surface area contributed by atoms with E-state index in [1.807, 2.05) is 29.3 Å². The highest BCUT2D eigenvalue weighted by molar-refractivity contribution is 7.89. The van der Waals surface area contributed by atoms with E-state index in [2.05, 4.69) is 0 Å². The number of carbonyl (C=O) groups excluding carboxylic acids is 1. The van der Waals surface area contributed by atoms with Crippen molar-refractivity contribution in [3.8, 4) is 0 Å². The van der Waals surface area contributed by atoms with Crippen molar-refractivity contribution in [3.05, 3.63) is 51.2 Å². The third-order valence-corrected chi connectivity index (χ3v) is 8.82. The van der Waals surface area contributed by atoms with E-state index in [0.717, 1.165) is 24.8 Å². The SMILES string of the molecule is Cc1ccc(S(=O)(=O)N2CCC[C@H](C(=O)N(Cc3cccs3)C3CC3)C2)cc1Cl. The lowest BCUT2D eigenvalue weighted by Gasteiger charge is -2.34. The van der Waals surface area contributed by atoms with E-state index in [-0.39, 0.29) is 23.3 Å². The summed E-state index contributed by atoms with van der Waals surface area (Å²) in [6.45, 7) is 3.14. The van der Waals surface area contributed by atoms with E-state index in [1.54, 1.807) is 23.5 Å². The summed E-state index contributed by atoms with van der Waals surface area (Å²) in [6, 6.07) is 9.16. The first-order valence-corrected chi connectivity index (χ1v) is 12.6. The Morgan fingerprint density at radius 2 is 2.07 bits per heavy atom. The molecule has 1 aliphatic carbocycles. The first kappa shape index (κ1) is 20.8. The number of aryl methyl sites for hydroxylation is 1. The van der Waals surface area contributed by atoms with Crippen molar-refractivity contribution in [1.29, 1.82) is 0 Å². The second kappa shape index (κ2) is 8.38. The van der Waals surface area contributed by atoms with E-state index in [1.165, 1.54) is 15.2 Å². The summed E-state index contributed by atoms with van der Waals surface area (Å²) in [5, 5.41) is 2.46. The van der Waals surface area contributed by atoms with Crippen LogP contribution in [0.15, 0.2) is 40.6 Å². The van der Waals surface area contributed by atoms with E-state index in [4.69, 9.17) is 11.6 Å². The molecule has 0 bridgehead atoms. The number of nitrogens with zero attached hydrogens (tertiary/aromatic N) is 2. The molecule has 156 valence electrons. The number of hydrogen-bond acceptors (Lipinski definition) is 4. The van der Waals surface area contributed by atoms with Crippen LogP contribution in [-0.2, 0) is 21.4 Å². The van der Waals surface area contributed by atoms with E-state index in [0.29, 0.717) is 30.6 Å². The fraction of sp³-hybridized carbons (Fsp3) is 0.476. The lowest BCUT2D eigenvalue weighted by atomic mass is 9.98. The van der Waals surface area contributed by atoms with Crippen molar-refractivity contribution >= 4 is 38.9 Å². The van der Waals surface area contributed by atoms with Crippen LogP contribution in [0.2, 0.25) is 5.02 Å². The van der Waals surface area contributed by atoms with Crippen LogP contribution in [0, 0.1) is 12.8 Å². The normalized spacial score (nSPS) is 20.6. The fourth-order valence-electron chi connectivity index (χ4n) is 3.82. The molecule has 2 fully saturated rings. The first-order chi connectivity index (χ1) is 13.9. The topological polar surface area (TPSA) is 57.7 Å². The monoisotopic (exact) mass is 452 g/mol. The molecular formula is C21H25ClN2O3S2. The Balaban J connectivity index is 1.51. The second-order valence-electron chi connectivity index (χ2n) is 7.89. The Morgan fingerprint density at radius 1 is 1.28 bits per heavy atom. The van der Waals surface area contributed by atoms with Gasteiger partial charge in [0, 0.05) is 29.0 Å². The van der Waals surface area contributed by atoms with Gasteiger partial charge in [0.25, 0.3) is 0 Å². The van der Waals surface area contributed by atoms with Crippen LogP contribution in [-0.4, -0.2) is 42.7 Å². The summed E-state index contributed by atoms with van der Waals surface area (Å²) in [5.41, 5.74) is 0.839. The predicted octanol–water partition coefficient (Wildman–Crippen LogP) is 4.30. The van der Waals surface area contributed by atoms with Gasteiger partial charge in [-0.25, -0.2) is 8.42 Å². The van der Waals surface area contributed by atoms with Crippen molar-refractivity contribution in [2.75, 3.05) is 13.1 Å². The maximum Gasteiger partial charge on any atom is 0.243 e. The molecule has 1 atom stereocenters. The summed E-state index contributed by atoms with van der Waals surface area (Å²) < 4.78 is 27.7. The van der Waals surface area contributed by atoms with Gasteiger partial charge in [0.15, 0.2) is 0 Å². The third-order valence-electron chi connectivity index (χ3n) is 5.69. The summed E-state index contributed by atoms with van der Waals surface area (Å²) in [7, 11) is -3.67. The minimum absolute atomic E-state index is 0.0859. The molecule has 2 heterocycles. The third kappa shape index (κ3) is 4.53. The van der Waals surface area contributed by atoms with Crippen LogP contribution >= 0.6 is 22.9 Å². The van der Waals surface area contributed by atoms with Gasteiger partial charge in [0.2, 0.25) is 15.9 Å². The van der Waals surface area contributed by atoms with Gasteiger partial charge in [-0.3, -0.25) is 4.79 Å². The summed E-state index contributed by atoms with van der Waals surface area (Å²) >= 11 is 7.80. The predicted molar refractivity (Wildman–Crippen MR) is 116 cm³/mol. The molecule has 0 N–H and O–H groups in total. The molecule has 1 saturated carbocycles. The van der Waals surface area contributed by atoms with Crippen LogP contribution in [0.25, 0.3) is 0 Å². The van der Waals surface area contributed by atoms with E-state index < -0.39 is 10.0 Å². The van der Waals surface area contributed by atoms with Gasteiger partial charge in [0.05, 0.1) is 17.4 Å². The zero-order chi connectivity index (χ0) is 20.6. The zero-order valence-corrected chi connectivity index (χ0v) is 18.8. The van der Waals surface area contributed by atoms with Crippen molar-refractivity contribution in [2.24, 2.45) is 5.92 Å². The number of hydrogen-bond donors (Lipinski definition) is 0. The molecule has 2 aromatic rings. The first-order valence-electron chi connectivity index (χ1n) is 9.95. The average Bonchev–Trinajstić information content (AvgIpc) is 3.43. The number of halogens is 1.